The minimum absolute atomic E-state index is 0.0355. The van der Waals surface area contributed by atoms with E-state index in [4.69, 9.17) is 9.15 Å². The fourth-order valence-electron chi connectivity index (χ4n) is 3.28. The number of hydrogen-bond donors (Lipinski definition) is 0. The van der Waals surface area contributed by atoms with E-state index in [1.807, 2.05) is 12.1 Å². The van der Waals surface area contributed by atoms with Gasteiger partial charge in [-0.2, -0.15) is 0 Å². The Hall–Kier alpha value is -2.83. The molecule has 0 bridgehead atoms. The minimum atomic E-state index is -0.637. The first-order valence-corrected chi connectivity index (χ1v) is 8.73. The zero-order valence-electron chi connectivity index (χ0n) is 14.7. The molecule has 0 N–H and O–H groups in total. The highest BCUT2D eigenvalue weighted by Crippen LogP contribution is 2.25. The summed E-state index contributed by atoms with van der Waals surface area (Å²) in [5.74, 6) is 0.800. The van der Waals surface area contributed by atoms with Crippen LogP contribution in [0.1, 0.15) is 35.4 Å². The van der Waals surface area contributed by atoms with Gasteiger partial charge in [0.05, 0.1) is 13.2 Å². The summed E-state index contributed by atoms with van der Waals surface area (Å²) in [6.07, 6.45) is 3.96. The fourth-order valence-corrected chi connectivity index (χ4v) is 3.28. The second kappa shape index (κ2) is 8.03. The number of nitro groups is 1. The van der Waals surface area contributed by atoms with Gasteiger partial charge in [-0.25, -0.2) is 0 Å². The molecule has 7 nitrogen and oxygen atoms in total. The van der Waals surface area contributed by atoms with Gasteiger partial charge in [0, 0.05) is 13.1 Å². The lowest BCUT2D eigenvalue weighted by Crippen LogP contribution is -2.38. The molecular formula is C19H22N2O5. The Labute approximate surface area is 151 Å². The number of nitrogens with zero attached hydrogens (tertiary/aromatic N) is 2. The number of piperidine rings is 1. The molecule has 1 aromatic carbocycles. The number of rotatable bonds is 6. The van der Waals surface area contributed by atoms with Gasteiger partial charge in [0.1, 0.15) is 10.7 Å². The summed E-state index contributed by atoms with van der Waals surface area (Å²) < 4.78 is 10.2. The van der Waals surface area contributed by atoms with Crippen LogP contribution < -0.4 is 4.74 Å². The van der Waals surface area contributed by atoms with Gasteiger partial charge >= 0.3 is 5.88 Å². The largest absolute Gasteiger partial charge is 0.497 e. The number of likely N-dealkylation sites (tertiary alicyclic amines) is 1. The van der Waals surface area contributed by atoms with E-state index in [0.29, 0.717) is 19.0 Å². The van der Waals surface area contributed by atoms with Crippen LogP contribution >= 0.6 is 0 Å². The number of furan rings is 1. The molecule has 1 saturated heterocycles. The van der Waals surface area contributed by atoms with Crippen LogP contribution in [0.25, 0.3) is 0 Å². The Morgan fingerprint density at radius 1 is 1.23 bits per heavy atom. The van der Waals surface area contributed by atoms with E-state index in [2.05, 4.69) is 12.1 Å². The maximum absolute atomic E-state index is 12.4. The van der Waals surface area contributed by atoms with E-state index in [1.54, 1.807) is 12.0 Å². The molecule has 0 saturated carbocycles. The summed E-state index contributed by atoms with van der Waals surface area (Å²) >= 11 is 0. The molecule has 2 aromatic rings. The maximum Gasteiger partial charge on any atom is 0.433 e. The smallest absolute Gasteiger partial charge is 0.433 e. The molecule has 1 fully saturated rings. The van der Waals surface area contributed by atoms with Gasteiger partial charge in [-0.1, -0.05) is 12.1 Å². The summed E-state index contributed by atoms with van der Waals surface area (Å²) in [7, 11) is 1.66. The number of methoxy groups -OCH3 is 1. The predicted octanol–water partition coefficient (Wildman–Crippen LogP) is 3.68. The lowest BCUT2D eigenvalue weighted by molar-refractivity contribution is -0.402. The number of hydrogen-bond acceptors (Lipinski definition) is 5. The molecule has 0 aliphatic carbocycles. The molecule has 0 unspecified atom stereocenters. The lowest BCUT2D eigenvalue weighted by Gasteiger charge is -2.31. The van der Waals surface area contributed by atoms with Crippen LogP contribution in [0.15, 0.2) is 40.8 Å². The number of carbonyl (C=O) groups is 1. The summed E-state index contributed by atoms with van der Waals surface area (Å²) in [6.45, 7) is 1.31. The number of ether oxygens (including phenoxy) is 1. The lowest BCUT2D eigenvalue weighted by atomic mass is 9.90. The van der Waals surface area contributed by atoms with Gasteiger partial charge in [0.2, 0.25) is 0 Å². The molecule has 0 atom stereocenters. The minimum Gasteiger partial charge on any atom is -0.497 e. The van der Waals surface area contributed by atoms with Crippen LogP contribution in [0.4, 0.5) is 5.88 Å². The first kappa shape index (κ1) is 18.0. The predicted molar refractivity (Wildman–Crippen MR) is 95.3 cm³/mol. The molecule has 0 spiro atoms. The van der Waals surface area contributed by atoms with Crippen molar-refractivity contribution >= 4 is 11.8 Å². The van der Waals surface area contributed by atoms with Crippen LogP contribution in [-0.4, -0.2) is 35.9 Å². The summed E-state index contributed by atoms with van der Waals surface area (Å²) in [5.41, 5.74) is 1.28. The summed E-state index contributed by atoms with van der Waals surface area (Å²) in [4.78, 5) is 24.1. The zero-order chi connectivity index (χ0) is 18.5. The van der Waals surface area contributed by atoms with E-state index in [0.717, 1.165) is 31.4 Å². The number of amides is 1. The van der Waals surface area contributed by atoms with Crippen molar-refractivity contribution in [3.8, 4) is 5.75 Å². The molecule has 1 aliphatic rings. The molecular weight excluding hydrogens is 336 g/mol. The monoisotopic (exact) mass is 358 g/mol. The SMILES string of the molecule is COc1ccc(CCC2CCN(C(=O)c3ccc([N+](=O)[O-])o3)CC2)cc1. The first-order valence-electron chi connectivity index (χ1n) is 8.73. The highest BCUT2D eigenvalue weighted by Gasteiger charge is 2.26. The van der Waals surface area contributed by atoms with Crippen molar-refractivity contribution in [3.63, 3.8) is 0 Å². The normalized spacial score (nSPS) is 15.0. The summed E-state index contributed by atoms with van der Waals surface area (Å²) in [5, 5.41) is 10.7. The van der Waals surface area contributed by atoms with Gasteiger partial charge in [0.25, 0.3) is 5.91 Å². The van der Waals surface area contributed by atoms with Crippen molar-refractivity contribution < 1.29 is 18.9 Å². The van der Waals surface area contributed by atoms with Crippen LogP contribution in [0.5, 0.6) is 5.75 Å². The third-order valence-corrected chi connectivity index (χ3v) is 4.88. The Bertz CT molecular complexity index is 760. The van der Waals surface area contributed by atoms with Crippen LogP contribution in [0, 0.1) is 16.0 Å². The first-order chi connectivity index (χ1) is 12.6. The van der Waals surface area contributed by atoms with E-state index in [1.165, 1.54) is 17.7 Å². The van der Waals surface area contributed by atoms with Crippen molar-refractivity contribution in [3.05, 3.63) is 57.8 Å². The topological polar surface area (TPSA) is 85.8 Å². The second-order valence-electron chi connectivity index (χ2n) is 6.52. The molecule has 3 rings (SSSR count). The molecule has 1 amide bonds. The Morgan fingerprint density at radius 3 is 2.50 bits per heavy atom. The molecule has 7 heteroatoms. The molecule has 2 heterocycles. The molecule has 26 heavy (non-hydrogen) atoms. The van der Waals surface area contributed by atoms with Gasteiger partial charge in [-0.3, -0.25) is 14.9 Å². The van der Waals surface area contributed by atoms with Crippen molar-refractivity contribution in [1.29, 1.82) is 0 Å². The standard InChI is InChI=1S/C19H22N2O5/c1-25-16-6-4-14(5-7-16)2-3-15-10-12-20(13-11-15)19(22)17-8-9-18(26-17)21(23)24/h4-9,15H,2-3,10-13H2,1H3. The van der Waals surface area contributed by atoms with E-state index >= 15 is 0 Å². The Morgan fingerprint density at radius 2 is 1.92 bits per heavy atom. The fraction of sp³-hybridized carbons (Fsp3) is 0.421. The van der Waals surface area contributed by atoms with Crippen LogP contribution in [0.2, 0.25) is 0 Å². The van der Waals surface area contributed by atoms with E-state index < -0.39 is 10.8 Å². The van der Waals surface area contributed by atoms with Gasteiger partial charge in [0.15, 0.2) is 5.76 Å². The highest BCUT2D eigenvalue weighted by atomic mass is 16.6. The number of benzene rings is 1. The number of aryl methyl sites for hydroxylation is 1. The average molecular weight is 358 g/mol. The van der Waals surface area contributed by atoms with Crippen molar-refractivity contribution in [2.45, 2.75) is 25.7 Å². The Kier molecular flexibility index (Phi) is 5.55. The number of carbonyl (C=O) groups excluding carboxylic acids is 1. The van der Waals surface area contributed by atoms with Crippen LogP contribution in [0.3, 0.4) is 0 Å². The molecule has 0 radical (unpaired) electrons. The van der Waals surface area contributed by atoms with Crippen molar-refractivity contribution in [1.82, 2.24) is 4.90 Å². The molecule has 138 valence electrons. The van der Waals surface area contributed by atoms with Crippen molar-refractivity contribution in [2.24, 2.45) is 5.92 Å². The quantitative estimate of drug-likeness (QED) is 0.581. The third kappa shape index (κ3) is 4.22. The molecule has 1 aromatic heterocycles. The second-order valence-corrected chi connectivity index (χ2v) is 6.52. The van der Waals surface area contributed by atoms with Crippen molar-refractivity contribution in [2.75, 3.05) is 20.2 Å². The van der Waals surface area contributed by atoms with Crippen LogP contribution in [-0.2, 0) is 6.42 Å². The third-order valence-electron chi connectivity index (χ3n) is 4.88. The molecule has 1 aliphatic heterocycles. The van der Waals surface area contributed by atoms with Gasteiger partial charge in [-0.05, 0) is 55.4 Å². The van der Waals surface area contributed by atoms with Gasteiger partial charge < -0.3 is 14.1 Å². The van der Waals surface area contributed by atoms with E-state index in [9.17, 15) is 14.9 Å². The van der Waals surface area contributed by atoms with Gasteiger partial charge in [-0.15, -0.1) is 0 Å². The highest BCUT2D eigenvalue weighted by molar-refractivity contribution is 5.91. The van der Waals surface area contributed by atoms with E-state index in [-0.39, 0.29) is 11.7 Å². The Balaban J connectivity index is 1.47. The average Bonchev–Trinajstić information content (AvgIpc) is 3.17. The zero-order valence-corrected chi connectivity index (χ0v) is 14.7. The summed E-state index contributed by atoms with van der Waals surface area (Å²) in [6, 6.07) is 10.7. The maximum atomic E-state index is 12.4.